The fourth-order valence-corrected chi connectivity index (χ4v) is 2.36. The average Bonchev–Trinajstić information content (AvgIpc) is 2.33. The van der Waals surface area contributed by atoms with Gasteiger partial charge in [-0.2, -0.15) is 0 Å². The highest BCUT2D eigenvalue weighted by atomic mass is 16.6. The molecule has 7 nitrogen and oxygen atoms in total. The molecule has 1 heterocycles. The zero-order valence-electron chi connectivity index (χ0n) is 11.1. The summed E-state index contributed by atoms with van der Waals surface area (Å²) < 4.78 is 5.29. The van der Waals surface area contributed by atoms with E-state index in [0.29, 0.717) is 25.4 Å². The molecule has 0 aromatic heterocycles. The molecular formula is C13H16N2O5. The van der Waals surface area contributed by atoms with Crippen LogP contribution in [-0.2, 0) is 4.79 Å². The molecule has 7 heteroatoms. The van der Waals surface area contributed by atoms with Gasteiger partial charge in [-0.25, -0.2) is 0 Å². The third-order valence-corrected chi connectivity index (χ3v) is 3.22. The lowest BCUT2D eigenvalue weighted by Crippen LogP contribution is -2.47. The van der Waals surface area contributed by atoms with Crippen molar-refractivity contribution in [2.45, 2.75) is 13.3 Å². The fourth-order valence-electron chi connectivity index (χ4n) is 2.36. The van der Waals surface area contributed by atoms with Crippen molar-refractivity contribution >= 4 is 17.3 Å². The van der Waals surface area contributed by atoms with Gasteiger partial charge in [-0.05, 0) is 19.1 Å². The first-order valence-electron chi connectivity index (χ1n) is 6.39. The highest BCUT2D eigenvalue weighted by molar-refractivity contribution is 5.72. The van der Waals surface area contributed by atoms with E-state index in [4.69, 9.17) is 9.84 Å². The van der Waals surface area contributed by atoms with Crippen LogP contribution in [0.15, 0.2) is 18.2 Å². The van der Waals surface area contributed by atoms with Gasteiger partial charge in [0, 0.05) is 19.0 Å². The Labute approximate surface area is 115 Å². The molecule has 1 aromatic rings. The summed E-state index contributed by atoms with van der Waals surface area (Å²) in [7, 11) is 0. The molecule has 0 bridgehead atoms. The number of nitro benzene ring substituents is 1. The predicted molar refractivity (Wildman–Crippen MR) is 72.2 cm³/mol. The van der Waals surface area contributed by atoms with Gasteiger partial charge >= 0.3 is 11.7 Å². The lowest BCUT2D eigenvalue weighted by atomic mass is 9.95. The second-order valence-electron chi connectivity index (χ2n) is 4.68. The molecule has 1 aliphatic heterocycles. The first kappa shape index (κ1) is 14.1. The van der Waals surface area contributed by atoms with Crippen LogP contribution >= 0.6 is 0 Å². The van der Waals surface area contributed by atoms with Crippen molar-refractivity contribution in [3.63, 3.8) is 0 Å². The molecule has 0 spiro atoms. The molecule has 1 aromatic carbocycles. The van der Waals surface area contributed by atoms with Crippen LogP contribution in [0.5, 0.6) is 5.75 Å². The van der Waals surface area contributed by atoms with Crippen LogP contribution in [0.25, 0.3) is 0 Å². The quantitative estimate of drug-likeness (QED) is 0.632. The first-order chi connectivity index (χ1) is 9.52. The number of nitrogens with zero attached hydrogens (tertiary/aromatic N) is 2. The molecule has 0 unspecified atom stereocenters. The van der Waals surface area contributed by atoms with Gasteiger partial charge in [0.15, 0.2) is 5.75 Å². The Hall–Kier alpha value is -2.31. The third-order valence-electron chi connectivity index (χ3n) is 3.22. The smallest absolute Gasteiger partial charge is 0.333 e. The second kappa shape index (κ2) is 5.77. The lowest BCUT2D eigenvalue weighted by molar-refractivity contribution is -0.385. The number of ether oxygens (including phenoxy) is 1. The van der Waals surface area contributed by atoms with Crippen molar-refractivity contribution in [2.24, 2.45) is 5.92 Å². The molecule has 0 aliphatic carbocycles. The van der Waals surface area contributed by atoms with E-state index in [-0.39, 0.29) is 23.8 Å². The van der Waals surface area contributed by atoms with Crippen LogP contribution in [0.4, 0.5) is 11.4 Å². The number of hydrogen-bond donors (Lipinski definition) is 1. The first-order valence-corrected chi connectivity index (χ1v) is 6.39. The van der Waals surface area contributed by atoms with Gasteiger partial charge in [-0.3, -0.25) is 14.9 Å². The molecule has 0 amide bonds. The zero-order chi connectivity index (χ0) is 14.7. The summed E-state index contributed by atoms with van der Waals surface area (Å²) in [5, 5.41) is 19.9. The molecular weight excluding hydrogens is 264 g/mol. The van der Waals surface area contributed by atoms with Crippen molar-refractivity contribution in [3.8, 4) is 5.75 Å². The number of benzene rings is 1. The number of carboxylic acids is 1. The molecule has 0 atom stereocenters. The van der Waals surface area contributed by atoms with Gasteiger partial charge < -0.3 is 14.7 Å². The van der Waals surface area contributed by atoms with Crippen molar-refractivity contribution < 1.29 is 19.6 Å². The largest absolute Gasteiger partial charge is 0.487 e. The molecule has 1 fully saturated rings. The van der Waals surface area contributed by atoms with Crippen LogP contribution in [0.1, 0.15) is 13.3 Å². The van der Waals surface area contributed by atoms with E-state index in [1.54, 1.807) is 25.1 Å². The normalized spacial score (nSPS) is 14.8. The molecule has 1 saturated heterocycles. The summed E-state index contributed by atoms with van der Waals surface area (Å²) >= 11 is 0. The highest BCUT2D eigenvalue weighted by Gasteiger charge is 2.34. The number of rotatable bonds is 6. The van der Waals surface area contributed by atoms with E-state index in [1.807, 2.05) is 4.90 Å². The number of para-hydroxylation sites is 1. The number of anilines is 1. The Morgan fingerprint density at radius 2 is 2.25 bits per heavy atom. The summed E-state index contributed by atoms with van der Waals surface area (Å²) in [6.45, 7) is 3.15. The standard InChI is InChI=1S/C13H16N2O5/c1-2-20-11-5-3-4-10(13(11)15(18)19)14-7-9(8-14)6-12(16)17/h3-5,9H,2,6-8H2,1H3,(H,16,17). The maximum absolute atomic E-state index is 11.2. The summed E-state index contributed by atoms with van der Waals surface area (Å²) in [5.41, 5.74) is 0.436. The van der Waals surface area contributed by atoms with E-state index in [9.17, 15) is 14.9 Å². The van der Waals surface area contributed by atoms with E-state index in [1.165, 1.54) is 0 Å². The minimum absolute atomic E-state index is 0.0443. The monoisotopic (exact) mass is 280 g/mol. The van der Waals surface area contributed by atoms with Crippen LogP contribution in [0.2, 0.25) is 0 Å². The minimum atomic E-state index is -0.841. The van der Waals surface area contributed by atoms with Crippen LogP contribution in [0, 0.1) is 16.0 Å². The maximum atomic E-state index is 11.2. The molecule has 2 rings (SSSR count). The van der Waals surface area contributed by atoms with Gasteiger partial charge in [0.1, 0.15) is 5.69 Å². The van der Waals surface area contributed by atoms with Crippen LogP contribution < -0.4 is 9.64 Å². The SMILES string of the molecule is CCOc1cccc(N2CC(CC(=O)O)C2)c1[N+](=O)[O-]. The Bertz CT molecular complexity index is 525. The topological polar surface area (TPSA) is 92.9 Å². The zero-order valence-corrected chi connectivity index (χ0v) is 11.1. The van der Waals surface area contributed by atoms with E-state index in [2.05, 4.69) is 0 Å². The Balaban J connectivity index is 2.18. The van der Waals surface area contributed by atoms with Crippen molar-refractivity contribution in [3.05, 3.63) is 28.3 Å². The number of hydrogen-bond acceptors (Lipinski definition) is 5. The van der Waals surface area contributed by atoms with Gasteiger partial charge in [-0.1, -0.05) is 6.07 Å². The predicted octanol–water partition coefficient (Wildman–Crippen LogP) is 1.90. The molecule has 20 heavy (non-hydrogen) atoms. The van der Waals surface area contributed by atoms with E-state index in [0.717, 1.165) is 0 Å². The van der Waals surface area contributed by atoms with Gasteiger partial charge in [0.25, 0.3) is 0 Å². The minimum Gasteiger partial charge on any atom is -0.487 e. The van der Waals surface area contributed by atoms with Gasteiger partial charge in [-0.15, -0.1) is 0 Å². The fraction of sp³-hybridized carbons (Fsp3) is 0.462. The van der Waals surface area contributed by atoms with E-state index < -0.39 is 10.9 Å². The van der Waals surface area contributed by atoms with Crippen LogP contribution in [-0.4, -0.2) is 35.7 Å². The lowest BCUT2D eigenvalue weighted by Gasteiger charge is -2.40. The average molecular weight is 280 g/mol. The van der Waals surface area contributed by atoms with Crippen molar-refractivity contribution in [1.82, 2.24) is 0 Å². The molecule has 0 saturated carbocycles. The molecule has 1 aliphatic rings. The Morgan fingerprint density at radius 1 is 1.55 bits per heavy atom. The third kappa shape index (κ3) is 2.81. The number of carboxylic acid groups (broad SMARTS) is 1. The van der Waals surface area contributed by atoms with Crippen molar-refractivity contribution in [1.29, 1.82) is 0 Å². The Kier molecular flexibility index (Phi) is 4.07. The number of carbonyl (C=O) groups is 1. The Morgan fingerprint density at radius 3 is 2.80 bits per heavy atom. The molecule has 1 N–H and O–H groups in total. The second-order valence-corrected chi connectivity index (χ2v) is 4.68. The van der Waals surface area contributed by atoms with Crippen LogP contribution in [0.3, 0.4) is 0 Å². The van der Waals surface area contributed by atoms with Gasteiger partial charge in [0.2, 0.25) is 0 Å². The summed E-state index contributed by atoms with van der Waals surface area (Å²) in [4.78, 5) is 23.2. The number of aliphatic carboxylic acids is 1. The van der Waals surface area contributed by atoms with E-state index >= 15 is 0 Å². The maximum Gasteiger partial charge on any atom is 0.333 e. The molecule has 0 radical (unpaired) electrons. The summed E-state index contributed by atoms with van der Waals surface area (Å²) in [6.07, 6.45) is 0.0927. The molecule has 108 valence electrons. The summed E-state index contributed by atoms with van der Waals surface area (Å²) in [5.74, 6) is -0.549. The highest BCUT2D eigenvalue weighted by Crippen LogP contribution is 2.40. The van der Waals surface area contributed by atoms with Crippen molar-refractivity contribution in [2.75, 3.05) is 24.6 Å². The van der Waals surface area contributed by atoms with Gasteiger partial charge in [0.05, 0.1) is 18.0 Å². The summed E-state index contributed by atoms with van der Waals surface area (Å²) in [6, 6.07) is 4.94. The number of nitro groups is 1.